The van der Waals surface area contributed by atoms with Crippen molar-refractivity contribution in [2.45, 2.75) is 6.54 Å². The molecule has 0 amide bonds. The first-order chi connectivity index (χ1) is 6.67. The summed E-state index contributed by atoms with van der Waals surface area (Å²) in [6, 6.07) is 0.449. The largest absolute Gasteiger partial charge is 0.325 e. The molecule has 0 aliphatic heterocycles. The van der Waals surface area contributed by atoms with Crippen molar-refractivity contribution in [3.8, 4) is 0 Å². The Hall–Kier alpha value is -0.780. The summed E-state index contributed by atoms with van der Waals surface area (Å²) < 4.78 is 0. The molecule has 1 heterocycles. The second kappa shape index (κ2) is 5.19. The average Bonchev–Trinajstić information content (AvgIpc) is 2.17. The number of hydrogen-bond acceptors (Lipinski definition) is 3. The van der Waals surface area contributed by atoms with Crippen LogP contribution in [-0.2, 0) is 6.54 Å². The molecule has 78 valence electrons. The molecule has 7 heteroatoms. The number of rotatable bonds is 4. The van der Waals surface area contributed by atoms with Crippen LogP contribution < -0.4 is 11.2 Å². The minimum atomic E-state index is -0.526. The van der Waals surface area contributed by atoms with Gasteiger partial charge in [-0.25, -0.2) is 4.79 Å². The fraction of sp³-hybridized carbons (Fsp3) is 0.429. The molecule has 0 aliphatic carbocycles. The van der Waals surface area contributed by atoms with Crippen LogP contribution in [0.2, 0.25) is 0 Å². The highest BCUT2D eigenvalue weighted by Gasteiger charge is 2.06. The zero-order chi connectivity index (χ0) is 10.6. The van der Waals surface area contributed by atoms with Gasteiger partial charge in [0.2, 0.25) is 0 Å². The van der Waals surface area contributed by atoms with Crippen molar-refractivity contribution in [1.29, 1.82) is 0 Å². The number of H-pyrrole nitrogens is 2. The lowest BCUT2D eigenvalue weighted by Gasteiger charge is -2.14. The van der Waals surface area contributed by atoms with Crippen molar-refractivity contribution in [2.24, 2.45) is 0 Å². The summed E-state index contributed by atoms with van der Waals surface area (Å²) in [6.45, 7) is 0.305. The third-order valence-electron chi connectivity index (χ3n) is 1.63. The number of nitrogens with one attached hydrogen (secondary N) is 2. The molecule has 0 aromatic carbocycles. The Bertz CT molecular complexity index is 396. The molecule has 0 bridgehead atoms. The predicted octanol–water partition coefficient (Wildman–Crippen LogP) is 0.258. The number of hydrogen-bond donors (Lipinski definition) is 2. The maximum absolute atomic E-state index is 11.2. The number of alkyl halides is 2. The van der Waals surface area contributed by atoms with Gasteiger partial charge in [-0.3, -0.25) is 14.7 Å². The van der Waals surface area contributed by atoms with Crippen molar-refractivity contribution >= 4 is 23.2 Å². The summed E-state index contributed by atoms with van der Waals surface area (Å²) >= 11 is 11.1. The number of halogens is 2. The molecule has 1 aromatic heterocycles. The van der Waals surface area contributed by atoms with E-state index in [1.165, 1.54) is 6.20 Å². The van der Waals surface area contributed by atoms with Gasteiger partial charge >= 0.3 is 5.69 Å². The van der Waals surface area contributed by atoms with Crippen LogP contribution in [0.15, 0.2) is 15.8 Å². The third-order valence-corrected chi connectivity index (χ3v) is 2.30. The van der Waals surface area contributed by atoms with Crippen LogP contribution in [0.4, 0.5) is 0 Å². The Balaban J connectivity index is 2.86. The van der Waals surface area contributed by atoms with E-state index in [0.29, 0.717) is 12.1 Å². The van der Waals surface area contributed by atoms with Gasteiger partial charge in [0.05, 0.1) is 12.0 Å². The normalized spacial score (nSPS) is 10.8. The molecule has 0 atom stereocenters. The molecule has 1 rings (SSSR count). The van der Waals surface area contributed by atoms with Crippen molar-refractivity contribution in [3.63, 3.8) is 0 Å². The van der Waals surface area contributed by atoms with Crippen LogP contribution >= 0.6 is 23.2 Å². The fourth-order valence-electron chi connectivity index (χ4n) is 0.912. The first-order valence-electron chi connectivity index (χ1n) is 3.82. The van der Waals surface area contributed by atoms with E-state index in [-0.39, 0.29) is 12.0 Å². The lowest BCUT2D eigenvalue weighted by Crippen LogP contribution is -2.29. The zero-order valence-electron chi connectivity index (χ0n) is 7.22. The fourth-order valence-corrected chi connectivity index (χ4v) is 1.34. The highest BCUT2D eigenvalue weighted by atomic mass is 35.5. The van der Waals surface area contributed by atoms with E-state index in [4.69, 9.17) is 23.2 Å². The van der Waals surface area contributed by atoms with E-state index in [0.717, 1.165) is 0 Å². The molecule has 0 aliphatic rings. The minimum Gasteiger partial charge on any atom is -0.314 e. The third kappa shape index (κ3) is 2.87. The summed E-state index contributed by atoms with van der Waals surface area (Å²) in [6.07, 6.45) is 1.35. The molecule has 0 radical (unpaired) electrons. The predicted molar refractivity (Wildman–Crippen MR) is 54.7 cm³/mol. The smallest absolute Gasteiger partial charge is 0.314 e. The van der Waals surface area contributed by atoms with Gasteiger partial charge in [-0.1, -0.05) is 0 Å². The lowest BCUT2D eigenvalue weighted by atomic mass is 10.3. The van der Waals surface area contributed by atoms with Gasteiger partial charge in [0.15, 0.2) is 0 Å². The van der Waals surface area contributed by atoms with Gasteiger partial charge in [0, 0.05) is 18.3 Å². The Morgan fingerprint density at radius 1 is 1.29 bits per heavy atom. The number of aromatic amines is 2. The molecule has 14 heavy (non-hydrogen) atoms. The standard InChI is InChI=1S/C7H9Cl2N3O2/c8-3-12(4-9)2-5-1-10-7(14)11-6(5)13/h1H,2-4H2,(H2,10,11,13,14). The summed E-state index contributed by atoms with van der Waals surface area (Å²) in [5.41, 5.74) is -0.526. The molecule has 0 spiro atoms. The average molecular weight is 238 g/mol. The summed E-state index contributed by atoms with van der Waals surface area (Å²) in [5.74, 6) is 0. The molecular weight excluding hydrogens is 229 g/mol. The second-order valence-electron chi connectivity index (χ2n) is 2.67. The van der Waals surface area contributed by atoms with Crippen molar-refractivity contribution < 1.29 is 0 Å². The quantitative estimate of drug-likeness (QED) is 0.583. The van der Waals surface area contributed by atoms with Crippen molar-refractivity contribution in [3.05, 3.63) is 32.6 Å². The topological polar surface area (TPSA) is 69.0 Å². The van der Waals surface area contributed by atoms with Gasteiger partial charge in [-0.05, 0) is 0 Å². The Morgan fingerprint density at radius 2 is 1.93 bits per heavy atom. The van der Waals surface area contributed by atoms with E-state index >= 15 is 0 Å². The van der Waals surface area contributed by atoms with Gasteiger partial charge in [0.1, 0.15) is 0 Å². The molecule has 0 unspecified atom stereocenters. The maximum Gasteiger partial charge on any atom is 0.325 e. The SMILES string of the molecule is O=c1[nH]cc(CN(CCl)CCl)c(=O)[nH]1. The first kappa shape index (κ1) is 11.3. The second-order valence-corrected chi connectivity index (χ2v) is 3.14. The zero-order valence-corrected chi connectivity index (χ0v) is 8.73. The summed E-state index contributed by atoms with van der Waals surface area (Å²) in [5, 5.41) is 0. The van der Waals surface area contributed by atoms with Crippen LogP contribution in [0.5, 0.6) is 0 Å². The van der Waals surface area contributed by atoms with E-state index in [1.807, 2.05) is 0 Å². The Kier molecular flexibility index (Phi) is 4.19. The highest BCUT2D eigenvalue weighted by Crippen LogP contribution is 1.99. The van der Waals surface area contributed by atoms with Gasteiger partial charge in [-0.2, -0.15) is 0 Å². The molecule has 0 saturated carbocycles. The minimum absolute atomic E-state index is 0.224. The van der Waals surface area contributed by atoms with Crippen molar-refractivity contribution in [1.82, 2.24) is 14.9 Å². The molecule has 2 N–H and O–H groups in total. The van der Waals surface area contributed by atoms with Gasteiger partial charge < -0.3 is 4.98 Å². The van der Waals surface area contributed by atoms with Crippen molar-refractivity contribution in [2.75, 3.05) is 12.0 Å². The summed E-state index contributed by atoms with van der Waals surface area (Å²) in [7, 11) is 0. The van der Waals surface area contributed by atoms with E-state index in [9.17, 15) is 9.59 Å². The first-order valence-corrected chi connectivity index (χ1v) is 4.89. The number of nitrogens with zero attached hydrogens (tertiary/aromatic N) is 1. The molecular formula is C7H9Cl2N3O2. The highest BCUT2D eigenvalue weighted by molar-refractivity contribution is 6.19. The maximum atomic E-state index is 11.2. The van der Waals surface area contributed by atoms with Crippen LogP contribution in [0.1, 0.15) is 5.56 Å². The number of aromatic nitrogens is 2. The monoisotopic (exact) mass is 237 g/mol. The van der Waals surface area contributed by atoms with Crippen LogP contribution in [0.3, 0.4) is 0 Å². The van der Waals surface area contributed by atoms with Crippen LogP contribution in [0, 0.1) is 0 Å². The lowest BCUT2D eigenvalue weighted by molar-refractivity contribution is 0.360. The van der Waals surface area contributed by atoms with E-state index in [1.54, 1.807) is 4.90 Å². The molecule has 0 fully saturated rings. The van der Waals surface area contributed by atoms with E-state index in [2.05, 4.69) is 9.97 Å². The molecule has 1 aromatic rings. The Labute approximate surface area is 89.7 Å². The summed E-state index contributed by atoms with van der Waals surface area (Å²) in [4.78, 5) is 28.0. The van der Waals surface area contributed by atoms with Crippen LogP contribution in [-0.4, -0.2) is 26.9 Å². The van der Waals surface area contributed by atoms with Gasteiger partial charge in [-0.15, -0.1) is 23.2 Å². The molecule has 0 saturated heterocycles. The Morgan fingerprint density at radius 3 is 2.43 bits per heavy atom. The molecule has 5 nitrogen and oxygen atoms in total. The van der Waals surface area contributed by atoms with Crippen LogP contribution in [0.25, 0.3) is 0 Å². The van der Waals surface area contributed by atoms with Gasteiger partial charge in [0.25, 0.3) is 5.56 Å². The van der Waals surface area contributed by atoms with E-state index < -0.39 is 11.2 Å².